The first kappa shape index (κ1) is 45.0. The van der Waals surface area contributed by atoms with Crippen LogP contribution in [0.15, 0.2) is 0 Å². The van der Waals surface area contributed by atoms with E-state index in [0.717, 1.165) is 47.8 Å². The molecule has 0 aromatic heterocycles. The fraction of sp³-hybridized carbons (Fsp3) is 1.00. The summed E-state index contributed by atoms with van der Waals surface area (Å²) in [6.45, 7) is 0. The minimum atomic E-state index is 0.221. The maximum absolute atomic E-state index is 7.18. The lowest BCUT2D eigenvalue weighted by Gasteiger charge is -2.51. The SMILES string of the molecule is C1CCC2OC(C3CC(C4NC5CCCCC5O4)CC(N4C5CCCCC5C5C4CCC4C6CCCCC6N(C6CC(C7NC8CCCCC8O7)CC(C7NC8CCCCC8O7)C6)C45)C3)NC2C1. The minimum Gasteiger partial charge on any atom is -0.358 e. The van der Waals surface area contributed by atoms with Crippen LogP contribution in [0.1, 0.15) is 205 Å². The second-order valence-corrected chi connectivity index (χ2v) is 27.2. The Bertz CT molecular complexity index is 1640. The van der Waals surface area contributed by atoms with Crippen molar-refractivity contribution in [2.45, 2.75) is 315 Å². The quantitative estimate of drug-likeness (QED) is 0.207. The van der Waals surface area contributed by atoms with Gasteiger partial charge in [-0.3, -0.25) is 31.1 Å². The summed E-state index contributed by atoms with van der Waals surface area (Å²) in [5.41, 5.74) is 0. The molecule has 4 N–H and O–H groups in total. The maximum Gasteiger partial charge on any atom is 0.111 e. The second-order valence-electron chi connectivity index (χ2n) is 27.2. The van der Waals surface area contributed by atoms with Crippen LogP contribution in [0.4, 0.5) is 0 Å². The van der Waals surface area contributed by atoms with E-state index in [-0.39, 0.29) is 24.9 Å². The molecule has 15 fully saturated rings. The zero-order valence-electron chi connectivity index (χ0n) is 42.2. The zero-order chi connectivity index (χ0) is 44.5. The first-order valence-corrected chi connectivity index (χ1v) is 30.9. The number of rotatable bonds is 6. The van der Waals surface area contributed by atoms with Crippen molar-refractivity contribution in [3.63, 3.8) is 0 Å². The van der Waals surface area contributed by atoms with Crippen molar-refractivity contribution >= 4 is 0 Å². The third-order valence-electron chi connectivity index (χ3n) is 23.8. The van der Waals surface area contributed by atoms with E-state index in [9.17, 15) is 0 Å². The van der Waals surface area contributed by atoms with Gasteiger partial charge in [-0.05, 0) is 152 Å². The molecule has 68 heavy (non-hydrogen) atoms. The van der Waals surface area contributed by atoms with Gasteiger partial charge in [-0.2, -0.15) is 0 Å². The number of hydrogen-bond donors (Lipinski definition) is 4. The first-order chi connectivity index (χ1) is 33.6. The van der Waals surface area contributed by atoms with Gasteiger partial charge in [0.1, 0.15) is 24.9 Å². The molecule has 6 heterocycles. The molecule has 0 bridgehead atoms. The Morgan fingerprint density at radius 1 is 0.294 bits per heavy atom. The van der Waals surface area contributed by atoms with Gasteiger partial charge in [0.2, 0.25) is 0 Å². The van der Waals surface area contributed by atoms with Crippen LogP contribution in [0.25, 0.3) is 0 Å². The Labute approximate surface area is 411 Å². The molecular weight excluding hydrogens is 845 g/mol. The molecule has 0 aromatic rings. The molecule has 9 saturated carbocycles. The summed E-state index contributed by atoms with van der Waals surface area (Å²) in [6.07, 6.45) is 46.1. The minimum absolute atomic E-state index is 0.221. The molecule has 24 unspecified atom stereocenters. The van der Waals surface area contributed by atoms with Crippen molar-refractivity contribution in [2.75, 3.05) is 0 Å². The van der Waals surface area contributed by atoms with E-state index >= 15 is 0 Å². The van der Waals surface area contributed by atoms with Crippen LogP contribution < -0.4 is 21.3 Å². The highest BCUT2D eigenvalue weighted by atomic mass is 16.5. The van der Waals surface area contributed by atoms with Gasteiger partial charge in [0, 0.05) is 84.1 Å². The van der Waals surface area contributed by atoms with Crippen LogP contribution in [0.2, 0.25) is 0 Å². The number of hydrogen-bond acceptors (Lipinski definition) is 10. The van der Waals surface area contributed by atoms with Gasteiger partial charge >= 0.3 is 0 Å². The first-order valence-electron chi connectivity index (χ1n) is 30.9. The fourth-order valence-corrected chi connectivity index (χ4v) is 21.3. The van der Waals surface area contributed by atoms with Crippen LogP contribution in [0, 0.1) is 47.3 Å². The predicted octanol–water partition coefficient (Wildman–Crippen LogP) is 9.10. The summed E-state index contributed by atoms with van der Waals surface area (Å²) in [6, 6.07) is 6.59. The molecule has 380 valence electrons. The zero-order valence-corrected chi connectivity index (χ0v) is 42.2. The summed E-state index contributed by atoms with van der Waals surface area (Å²) in [4.78, 5) is 6.81. The lowest BCUT2D eigenvalue weighted by Crippen LogP contribution is -2.58. The summed E-state index contributed by atoms with van der Waals surface area (Å²) in [5, 5.41) is 16.8. The van der Waals surface area contributed by atoms with Crippen LogP contribution in [-0.2, 0) is 18.9 Å². The van der Waals surface area contributed by atoms with E-state index in [2.05, 4.69) is 31.1 Å². The third kappa shape index (κ3) is 7.86. The summed E-state index contributed by atoms with van der Waals surface area (Å²) < 4.78 is 28.7. The molecule has 0 aromatic carbocycles. The van der Waals surface area contributed by atoms with Crippen LogP contribution in [0.3, 0.4) is 0 Å². The predicted molar refractivity (Wildman–Crippen MR) is 264 cm³/mol. The van der Waals surface area contributed by atoms with Gasteiger partial charge in [-0.25, -0.2) is 0 Å². The van der Waals surface area contributed by atoms with Crippen LogP contribution in [0.5, 0.6) is 0 Å². The van der Waals surface area contributed by atoms with Crippen molar-refractivity contribution in [3.05, 3.63) is 0 Å². The van der Waals surface area contributed by atoms with Crippen LogP contribution >= 0.6 is 0 Å². The van der Waals surface area contributed by atoms with E-state index in [1.807, 2.05) is 0 Å². The molecule has 0 amide bonds. The highest BCUT2D eigenvalue weighted by molar-refractivity contribution is 5.18. The lowest BCUT2D eigenvalue weighted by atomic mass is 9.64. The van der Waals surface area contributed by atoms with Gasteiger partial charge < -0.3 is 18.9 Å². The molecule has 24 atom stereocenters. The average Bonchev–Trinajstić information content (AvgIpc) is 4.26. The summed E-state index contributed by atoms with van der Waals surface area (Å²) in [5.74, 6) is 5.76. The number of nitrogens with zero attached hydrogens (tertiary/aromatic N) is 2. The Morgan fingerprint density at radius 2 is 0.662 bits per heavy atom. The molecule has 9 aliphatic carbocycles. The highest BCUT2D eigenvalue weighted by Gasteiger charge is 2.65. The van der Waals surface area contributed by atoms with Crippen molar-refractivity contribution in [2.24, 2.45) is 47.3 Å². The van der Waals surface area contributed by atoms with Gasteiger partial charge in [0.15, 0.2) is 0 Å². The van der Waals surface area contributed by atoms with E-state index in [0.29, 0.717) is 84.3 Å². The standard InChI is InChI=1S/C58H94N6O4/c1-7-19-46-39(13-1)40-25-26-48-53(54(40)64(46)38-31-35(57-61-44-17-5-11-23-51(44)67-57)28-36(32-38)58-62-45-18-6-12-24-52(45)68-58)41-14-2-8-20-47(41)63(48)37-29-33(55-59-42-15-3-9-21-49(42)65-55)27-34(30-37)56-60-43-16-4-10-22-50(43)66-56/h33-62H,1-32H2. The lowest BCUT2D eigenvalue weighted by molar-refractivity contribution is -0.0849. The summed E-state index contributed by atoms with van der Waals surface area (Å²) in [7, 11) is 0. The number of fused-ring (bicyclic) bond motifs is 11. The molecule has 15 aliphatic rings. The maximum atomic E-state index is 7.18. The van der Waals surface area contributed by atoms with Gasteiger partial charge in [0.25, 0.3) is 0 Å². The fourth-order valence-electron chi connectivity index (χ4n) is 21.3. The molecule has 0 spiro atoms. The molecule has 10 heteroatoms. The van der Waals surface area contributed by atoms with Crippen molar-refractivity contribution in [1.29, 1.82) is 0 Å². The number of likely N-dealkylation sites (tertiary alicyclic amines) is 2. The Balaban J connectivity index is 0.755. The molecule has 15 rings (SSSR count). The van der Waals surface area contributed by atoms with Gasteiger partial charge in [-0.15, -0.1) is 0 Å². The molecule has 6 aliphatic heterocycles. The second kappa shape index (κ2) is 18.8. The molecule has 10 nitrogen and oxygen atoms in total. The Kier molecular flexibility index (Phi) is 12.4. The number of ether oxygens (including phenoxy) is 4. The molecular formula is C58H94N6O4. The highest BCUT2D eigenvalue weighted by Crippen LogP contribution is 2.61. The van der Waals surface area contributed by atoms with E-state index in [1.165, 1.54) is 205 Å². The molecule has 0 radical (unpaired) electrons. The Hall–Kier alpha value is -0.400. The smallest absolute Gasteiger partial charge is 0.111 e. The normalized spacial score (nSPS) is 57.0. The topological polar surface area (TPSA) is 91.5 Å². The van der Waals surface area contributed by atoms with Crippen LogP contribution in [-0.4, -0.2) is 120 Å². The largest absolute Gasteiger partial charge is 0.358 e. The van der Waals surface area contributed by atoms with E-state index in [1.54, 1.807) is 0 Å². The van der Waals surface area contributed by atoms with Crippen molar-refractivity contribution in [1.82, 2.24) is 31.1 Å². The van der Waals surface area contributed by atoms with E-state index in [4.69, 9.17) is 18.9 Å². The Morgan fingerprint density at radius 3 is 1.10 bits per heavy atom. The monoisotopic (exact) mass is 939 g/mol. The third-order valence-corrected chi connectivity index (χ3v) is 23.8. The molecule has 6 saturated heterocycles. The van der Waals surface area contributed by atoms with Crippen molar-refractivity contribution < 1.29 is 18.9 Å². The van der Waals surface area contributed by atoms with Gasteiger partial charge in [-0.1, -0.05) is 77.0 Å². The van der Waals surface area contributed by atoms with Gasteiger partial charge in [0.05, 0.1) is 24.4 Å². The van der Waals surface area contributed by atoms with E-state index < -0.39 is 0 Å². The summed E-state index contributed by atoms with van der Waals surface area (Å²) >= 11 is 0. The average molecular weight is 939 g/mol. The van der Waals surface area contributed by atoms with Crippen molar-refractivity contribution in [3.8, 4) is 0 Å². The number of nitrogens with one attached hydrogen (secondary N) is 4.